The van der Waals surface area contributed by atoms with Gasteiger partial charge < -0.3 is 5.32 Å². The molecule has 6 nitrogen and oxygen atoms in total. The van der Waals surface area contributed by atoms with Crippen molar-refractivity contribution >= 4 is 39.0 Å². The zero-order valence-corrected chi connectivity index (χ0v) is 18.3. The first-order valence-corrected chi connectivity index (χ1v) is 11.4. The number of rotatable bonds is 8. The number of sulfonamides is 1. The minimum absolute atomic E-state index is 0.0431. The smallest absolute Gasteiger partial charge is 0.261 e. The first kappa shape index (κ1) is 22.5. The average Bonchev–Trinajstić information content (AvgIpc) is 2.75. The Kier molecular flexibility index (Phi) is 7.09. The number of anilines is 1. The topological polar surface area (TPSA) is 92.3 Å². The molecule has 3 aromatic carbocycles. The summed E-state index contributed by atoms with van der Waals surface area (Å²) < 4.78 is 27.5. The summed E-state index contributed by atoms with van der Waals surface area (Å²) >= 11 is 5.86. The molecule has 0 heterocycles. The van der Waals surface area contributed by atoms with Crippen LogP contribution in [0.1, 0.15) is 33.2 Å². The molecule has 31 heavy (non-hydrogen) atoms. The molecule has 0 aromatic heterocycles. The second-order valence-electron chi connectivity index (χ2n) is 6.90. The van der Waals surface area contributed by atoms with Gasteiger partial charge in [-0.05, 0) is 67.4 Å². The number of nitrogens with one attached hydrogen (secondary N) is 2. The van der Waals surface area contributed by atoms with E-state index in [9.17, 15) is 18.0 Å². The van der Waals surface area contributed by atoms with Crippen LogP contribution < -0.4 is 10.0 Å². The lowest BCUT2D eigenvalue weighted by Gasteiger charge is -2.10. The number of carbonyl (C=O) groups is 2. The third kappa shape index (κ3) is 6.16. The normalized spacial score (nSPS) is 11.0. The van der Waals surface area contributed by atoms with E-state index < -0.39 is 10.0 Å². The number of carbonyl (C=O) groups excluding carboxylic acids is 2. The summed E-state index contributed by atoms with van der Waals surface area (Å²) in [6.07, 6.45) is 0.670. The molecule has 0 radical (unpaired) electrons. The number of benzene rings is 3. The summed E-state index contributed by atoms with van der Waals surface area (Å²) in [5, 5.41) is 3.50. The highest BCUT2D eigenvalue weighted by Gasteiger charge is 2.15. The zero-order chi connectivity index (χ0) is 22.4. The van der Waals surface area contributed by atoms with Crippen LogP contribution in [0.2, 0.25) is 5.02 Å². The number of ketones is 1. The van der Waals surface area contributed by atoms with Gasteiger partial charge in [0.1, 0.15) is 0 Å². The summed E-state index contributed by atoms with van der Waals surface area (Å²) in [4.78, 5) is 23.7. The van der Waals surface area contributed by atoms with Crippen molar-refractivity contribution in [3.8, 4) is 0 Å². The number of Topliss-reactive ketones (excluding diaryl/α,β-unsaturated/α-hetero) is 1. The number of halogens is 1. The number of hydrogen-bond donors (Lipinski definition) is 2. The predicted octanol–water partition coefficient (Wildman–Crippen LogP) is 4.32. The average molecular weight is 457 g/mol. The van der Waals surface area contributed by atoms with E-state index in [2.05, 4.69) is 10.0 Å². The van der Waals surface area contributed by atoms with Gasteiger partial charge >= 0.3 is 0 Å². The number of hydrogen-bond acceptors (Lipinski definition) is 4. The van der Waals surface area contributed by atoms with Crippen LogP contribution in [-0.4, -0.2) is 26.7 Å². The maximum absolute atomic E-state index is 12.5. The Morgan fingerprint density at radius 1 is 0.839 bits per heavy atom. The molecule has 1 amide bonds. The third-order valence-electron chi connectivity index (χ3n) is 4.58. The van der Waals surface area contributed by atoms with Gasteiger partial charge in [-0.3, -0.25) is 14.3 Å². The molecule has 0 saturated carbocycles. The minimum atomic E-state index is -3.81. The standard InChI is InChI=1S/C23H21ClN2O4S/c1-16(27)18-6-12-22(13-7-18)31(29,30)26-21-10-4-19(5-11-21)23(28)25-15-14-17-2-8-20(24)9-3-17/h2-13,26H,14-15H2,1H3,(H,25,28). The van der Waals surface area contributed by atoms with Crippen LogP contribution in [0, 0.1) is 0 Å². The second kappa shape index (κ2) is 9.76. The molecular weight excluding hydrogens is 436 g/mol. The molecule has 0 aliphatic carbocycles. The van der Waals surface area contributed by atoms with Crippen molar-refractivity contribution in [1.29, 1.82) is 0 Å². The van der Waals surface area contributed by atoms with Crippen LogP contribution in [0.3, 0.4) is 0 Å². The maximum atomic E-state index is 12.5. The summed E-state index contributed by atoms with van der Waals surface area (Å²) in [6.45, 7) is 1.88. The lowest BCUT2D eigenvalue weighted by atomic mass is 10.1. The van der Waals surface area contributed by atoms with E-state index in [1.54, 1.807) is 24.3 Å². The van der Waals surface area contributed by atoms with Gasteiger partial charge in [0.2, 0.25) is 0 Å². The third-order valence-corrected chi connectivity index (χ3v) is 6.23. The van der Waals surface area contributed by atoms with Gasteiger partial charge in [-0.15, -0.1) is 0 Å². The zero-order valence-electron chi connectivity index (χ0n) is 16.8. The van der Waals surface area contributed by atoms with Gasteiger partial charge in [0.05, 0.1) is 4.90 Å². The second-order valence-corrected chi connectivity index (χ2v) is 9.01. The summed E-state index contributed by atoms with van der Waals surface area (Å²) in [7, 11) is -3.81. The van der Waals surface area contributed by atoms with Crippen LogP contribution in [0.15, 0.2) is 77.7 Å². The molecule has 3 rings (SSSR count). The molecule has 0 spiro atoms. The molecular formula is C23H21ClN2O4S. The van der Waals surface area contributed by atoms with E-state index in [-0.39, 0.29) is 16.6 Å². The molecule has 160 valence electrons. The lowest BCUT2D eigenvalue weighted by molar-refractivity contribution is 0.0953. The van der Waals surface area contributed by atoms with Crippen molar-refractivity contribution in [2.75, 3.05) is 11.3 Å². The predicted molar refractivity (Wildman–Crippen MR) is 121 cm³/mol. The van der Waals surface area contributed by atoms with Crippen molar-refractivity contribution in [2.45, 2.75) is 18.2 Å². The fourth-order valence-electron chi connectivity index (χ4n) is 2.85. The molecule has 8 heteroatoms. The van der Waals surface area contributed by atoms with E-state index >= 15 is 0 Å². The van der Waals surface area contributed by atoms with Gasteiger partial charge in [-0.25, -0.2) is 8.42 Å². The van der Waals surface area contributed by atoms with Gasteiger partial charge in [0.15, 0.2) is 5.78 Å². The molecule has 0 aliphatic heterocycles. The molecule has 3 aromatic rings. The molecule has 0 atom stereocenters. The lowest BCUT2D eigenvalue weighted by Crippen LogP contribution is -2.25. The highest BCUT2D eigenvalue weighted by Crippen LogP contribution is 2.18. The van der Waals surface area contributed by atoms with Crippen LogP contribution >= 0.6 is 11.6 Å². The number of amides is 1. The Labute approximate surface area is 186 Å². The molecule has 0 bridgehead atoms. The largest absolute Gasteiger partial charge is 0.352 e. The van der Waals surface area contributed by atoms with E-state index in [4.69, 9.17) is 11.6 Å². The first-order chi connectivity index (χ1) is 14.7. The molecule has 0 unspecified atom stereocenters. The van der Waals surface area contributed by atoms with E-state index in [0.29, 0.717) is 34.8 Å². The Hall–Kier alpha value is -3.16. The fourth-order valence-corrected chi connectivity index (χ4v) is 4.03. The van der Waals surface area contributed by atoms with Crippen molar-refractivity contribution in [3.05, 3.63) is 94.5 Å². The van der Waals surface area contributed by atoms with Crippen LogP contribution in [0.25, 0.3) is 0 Å². The first-order valence-electron chi connectivity index (χ1n) is 9.51. The van der Waals surface area contributed by atoms with Crippen molar-refractivity contribution in [2.24, 2.45) is 0 Å². The Balaban J connectivity index is 1.58. The summed E-state index contributed by atoms with van der Waals surface area (Å²) in [5.41, 5.74) is 2.24. The van der Waals surface area contributed by atoms with Crippen molar-refractivity contribution in [3.63, 3.8) is 0 Å². The highest BCUT2D eigenvalue weighted by molar-refractivity contribution is 7.92. The minimum Gasteiger partial charge on any atom is -0.352 e. The van der Waals surface area contributed by atoms with Gasteiger partial charge in [-0.2, -0.15) is 0 Å². The maximum Gasteiger partial charge on any atom is 0.261 e. The van der Waals surface area contributed by atoms with Crippen molar-refractivity contribution < 1.29 is 18.0 Å². The van der Waals surface area contributed by atoms with E-state index in [1.807, 2.05) is 12.1 Å². The summed E-state index contributed by atoms with van der Waals surface area (Å²) in [5.74, 6) is -0.387. The van der Waals surface area contributed by atoms with Crippen molar-refractivity contribution in [1.82, 2.24) is 5.32 Å². The fraction of sp³-hybridized carbons (Fsp3) is 0.130. The van der Waals surface area contributed by atoms with Gasteiger partial charge in [0, 0.05) is 28.4 Å². The monoisotopic (exact) mass is 456 g/mol. The Bertz CT molecular complexity index is 1170. The highest BCUT2D eigenvalue weighted by atomic mass is 35.5. The van der Waals surface area contributed by atoms with E-state index in [1.165, 1.54) is 43.3 Å². The van der Waals surface area contributed by atoms with Crippen LogP contribution in [-0.2, 0) is 16.4 Å². The SMILES string of the molecule is CC(=O)c1ccc(S(=O)(=O)Nc2ccc(C(=O)NCCc3ccc(Cl)cc3)cc2)cc1. The molecule has 0 fully saturated rings. The Morgan fingerprint density at radius 2 is 1.42 bits per heavy atom. The molecule has 0 aliphatic rings. The summed E-state index contributed by atoms with van der Waals surface area (Å²) in [6, 6.07) is 19.2. The van der Waals surface area contributed by atoms with Crippen LogP contribution in [0.5, 0.6) is 0 Å². The molecule has 0 saturated heterocycles. The van der Waals surface area contributed by atoms with E-state index in [0.717, 1.165) is 5.56 Å². The molecule has 2 N–H and O–H groups in total. The van der Waals surface area contributed by atoms with Gasteiger partial charge in [0.25, 0.3) is 15.9 Å². The quantitative estimate of drug-likeness (QED) is 0.494. The van der Waals surface area contributed by atoms with Gasteiger partial charge in [-0.1, -0.05) is 35.9 Å². The van der Waals surface area contributed by atoms with Crippen LogP contribution in [0.4, 0.5) is 5.69 Å². The Morgan fingerprint density at radius 3 is 2.00 bits per heavy atom.